The Morgan fingerprint density at radius 3 is 2.38 bits per heavy atom. The highest BCUT2D eigenvalue weighted by Gasteiger charge is 2.48. The summed E-state index contributed by atoms with van der Waals surface area (Å²) < 4.78 is 28.4. The second kappa shape index (κ2) is 14.0. The number of hydrogen-bond acceptors (Lipinski definition) is 14. The summed E-state index contributed by atoms with van der Waals surface area (Å²) in [6, 6.07) is 17.9. The van der Waals surface area contributed by atoms with E-state index >= 15 is 0 Å². The van der Waals surface area contributed by atoms with Crippen molar-refractivity contribution in [3.05, 3.63) is 94.3 Å². The van der Waals surface area contributed by atoms with Gasteiger partial charge < -0.3 is 69.8 Å². The minimum atomic E-state index is -1.99. The van der Waals surface area contributed by atoms with E-state index in [4.69, 9.17) is 29.1 Å². The van der Waals surface area contributed by atoms with Crippen LogP contribution in [0.1, 0.15) is 17.4 Å². The number of rotatable bonds is 11. The Kier molecular flexibility index (Phi) is 9.54. The number of fused-ring (bicyclic) bond motifs is 1. The molecule has 0 spiro atoms. The molecule has 1 aliphatic heterocycles. The summed E-state index contributed by atoms with van der Waals surface area (Å²) in [6.07, 6.45) is -10.8. The van der Waals surface area contributed by atoms with Crippen LogP contribution in [0.2, 0.25) is 0 Å². The molecule has 50 heavy (non-hydrogen) atoms. The van der Waals surface area contributed by atoms with Gasteiger partial charge in [-0.3, -0.25) is 4.79 Å². The van der Waals surface area contributed by atoms with E-state index in [2.05, 4.69) is 4.98 Å². The highest BCUT2D eigenvalue weighted by Crippen LogP contribution is 2.44. The molecule has 2 aromatic heterocycles. The van der Waals surface area contributed by atoms with Gasteiger partial charge >= 0.3 is 5.97 Å². The van der Waals surface area contributed by atoms with Crippen molar-refractivity contribution in [3.8, 4) is 40.1 Å². The molecule has 1 aliphatic rings. The molecule has 10 N–H and O–H groups in total. The number of nitrogens with two attached hydrogens (primary N) is 1. The highest BCUT2D eigenvalue weighted by atomic mass is 16.7. The Bertz CT molecular complexity index is 2060. The van der Waals surface area contributed by atoms with Gasteiger partial charge in [-0.25, -0.2) is 4.79 Å². The Morgan fingerprint density at radius 2 is 1.70 bits per heavy atom. The minimum Gasteiger partial charge on any atom is -0.508 e. The maximum atomic E-state index is 13.4. The van der Waals surface area contributed by atoms with Crippen molar-refractivity contribution in [2.24, 2.45) is 0 Å². The quantitative estimate of drug-likeness (QED) is 0.0954. The number of aromatic nitrogens is 1. The maximum absolute atomic E-state index is 13.4. The third-order valence-electron chi connectivity index (χ3n) is 7.90. The summed E-state index contributed by atoms with van der Waals surface area (Å²) in [4.78, 5) is 27.9. The largest absolute Gasteiger partial charge is 0.508 e. The lowest BCUT2D eigenvalue weighted by Crippen LogP contribution is -2.61. The number of hydrogen-bond donors (Lipinski definition) is 9. The number of aromatic hydroxyl groups is 2. The third-order valence-corrected chi connectivity index (χ3v) is 7.90. The van der Waals surface area contributed by atoms with E-state index in [1.807, 2.05) is 0 Å². The number of benzene rings is 3. The Morgan fingerprint density at radius 1 is 0.940 bits per heavy atom. The van der Waals surface area contributed by atoms with Gasteiger partial charge in [0.15, 0.2) is 23.0 Å². The van der Waals surface area contributed by atoms with Crippen molar-refractivity contribution >= 4 is 22.8 Å². The number of aliphatic hydroxyl groups is 4. The molecule has 16 heteroatoms. The normalized spacial score (nSPS) is 21.1. The highest BCUT2D eigenvalue weighted by molar-refractivity contribution is 5.89. The lowest BCUT2D eigenvalue weighted by atomic mass is 9.99. The molecule has 3 aromatic carbocycles. The van der Waals surface area contributed by atoms with Gasteiger partial charge in [-0.2, -0.15) is 0 Å². The molecule has 6 atom stereocenters. The van der Waals surface area contributed by atoms with Gasteiger partial charge in [0.1, 0.15) is 71.7 Å². The van der Waals surface area contributed by atoms with Crippen molar-refractivity contribution in [1.82, 2.24) is 4.98 Å². The summed E-state index contributed by atoms with van der Waals surface area (Å²) in [6.45, 7) is -0.338. The lowest BCUT2D eigenvalue weighted by molar-refractivity contribution is -0.271. The topological polar surface area (TPSA) is 268 Å². The fourth-order valence-corrected chi connectivity index (χ4v) is 5.31. The van der Waals surface area contributed by atoms with E-state index in [1.165, 1.54) is 12.1 Å². The Hall–Kier alpha value is -5.78. The fourth-order valence-electron chi connectivity index (χ4n) is 5.31. The van der Waals surface area contributed by atoms with E-state index in [1.54, 1.807) is 48.5 Å². The zero-order chi connectivity index (χ0) is 35.7. The van der Waals surface area contributed by atoms with Gasteiger partial charge in [-0.05, 0) is 54.1 Å². The predicted molar refractivity (Wildman–Crippen MR) is 173 cm³/mol. The number of anilines is 1. The number of aliphatic hydroxyl groups excluding tert-OH is 4. The van der Waals surface area contributed by atoms with Crippen LogP contribution < -0.4 is 25.4 Å². The molecular weight excluding hydrogens is 660 g/mol. The number of ether oxygens (including phenoxy) is 4. The van der Waals surface area contributed by atoms with Crippen LogP contribution in [-0.2, 0) is 16.1 Å². The molecule has 0 aliphatic carbocycles. The number of carboxylic acid groups (broad SMARTS) is 1. The molecule has 16 nitrogen and oxygen atoms in total. The zero-order valence-electron chi connectivity index (χ0n) is 25.9. The first-order chi connectivity index (χ1) is 23.9. The molecule has 5 aromatic rings. The SMILES string of the molecule is Nc1ccc([C@@H](O)COc2ccc(-c3cc(=O)c4c(O)c(OCc5cccc(O)c5)c(O[C@@H]5O[C@H](C(=O)O)[C@@H](O)[C@@H](O)[C@H]5O)cc4o3)cc2)[nH]1. The van der Waals surface area contributed by atoms with E-state index < -0.39 is 65.5 Å². The maximum Gasteiger partial charge on any atom is 0.335 e. The van der Waals surface area contributed by atoms with Crippen molar-refractivity contribution in [3.63, 3.8) is 0 Å². The van der Waals surface area contributed by atoms with Gasteiger partial charge in [0.05, 0.1) is 0 Å². The number of aromatic amines is 1. The number of aliphatic carboxylic acids is 1. The third kappa shape index (κ3) is 7.00. The fraction of sp³-hybridized carbons (Fsp3) is 0.235. The smallest absolute Gasteiger partial charge is 0.335 e. The van der Waals surface area contributed by atoms with Crippen molar-refractivity contribution in [2.45, 2.75) is 43.4 Å². The molecule has 0 amide bonds. The summed E-state index contributed by atoms with van der Waals surface area (Å²) in [5, 5.41) is 71.6. The number of phenolic OH excluding ortho intramolecular Hbond substituents is 2. The number of carboxylic acids is 1. The average Bonchev–Trinajstić information content (AvgIpc) is 3.53. The van der Waals surface area contributed by atoms with Crippen LogP contribution in [0.4, 0.5) is 5.82 Å². The number of nitrogens with one attached hydrogen (secondary N) is 1. The van der Waals surface area contributed by atoms with Gasteiger partial charge in [0.25, 0.3) is 0 Å². The van der Waals surface area contributed by atoms with E-state index in [0.29, 0.717) is 28.4 Å². The second-order valence-corrected chi connectivity index (χ2v) is 11.4. The summed E-state index contributed by atoms with van der Waals surface area (Å²) in [7, 11) is 0. The molecule has 0 bridgehead atoms. The monoisotopic (exact) mass is 692 g/mol. The van der Waals surface area contributed by atoms with Crippen molar-refractivity contribution in [2.75, 3.05) is 12.3 Å². The molecular formula is C34H32N2O14. The molecule has 0 radical (unpaired) electrons. The van der Waals surface area contributed by atoms with E-state index in [0.717, 1.165) is 12.1 Å². The predicted octanol–water partition coefficient (Wildman–Crippen LogP) is 1.74. The summed E-state index contributed by atoms with van der Waals surface area (Å²) in [5.74, 6) is -2.41. The molecule has 3 heterocycles. The van der Waals surface area contributed by atoms with Crippen molar-refractivity contribution < 1.29 is 63.9 Å². The number of carbonyl (C=O) groups is 1. The Balaban J connectivity index is 1.32. The van der Waals surface area contributed by atoms with Crippen LogP contribution in [0, 0.1) is 0 Å². The van der Waals surface area contributed by atoms with Crippen molar-refractivity contribution in [1.29, 1.82) is 0 Å². The first kappa shape index (κ1) is 34.1. The minimum absolute atomic E-state index is 0.0631. The molecule has 262 valence electrons. The summed E-state index contributed by atoms with van der Waals surface area (Å²) in [5.41, 5.74) is 6.12. The first-order valence-electron chi connectivity index (χ1n) is 15.1. The van der Waals surface area contributed by atoms with Gasteiger partial charge in [-0.1, -0.05) is 12.1 Å². The van der Waals surface area contributed by atoms with Crippen LogP contribution in [-0.4, -0.2) is 84.0 Å². The zero-order valence-corrected chi connectivity index (χ0v) is 25.9. The number of phenols is 2. The van der Waals surface area contributed by atoms with Gasteiger partial charge in [0, 0.05) is 23.4 Å². The average molecular weight is 693 g/mol. The standard InChI is InChI=1S/C34H32N2O14/c35-25-9-8-19(36-25)21(39)14-46-18-6-4-16(5-7-18)22-11-20(38)26-23(48-22)12-24(31(27(26)40)47-13-15-2-1-3-17(37)10-15)49-34-30(43)28(41)29(42)32(50-34)33(44)45/h1-12,21,28-30,32,34,36-37,39-43H,13-14,35H2,(H,44,45)/t21-,28+,29-,30+,32-,34+/m0/s1. The number of H-pyrrole nitrogens is 1. The molecule has 6 rings (SSSR count). The molecule has 0 saturated carbocycles. The first-order valence-corrected chi connectivity index (χ1v) is 15.1. The second-order valence-electron chi connectivity index (χ2n) is 11.4. The van der Waals surface area contributed by atoms with Crippen LogP contribution in [0.25, 0.3) is 22.3 Å². The lowest BCUT2D eigenvalue weighted by Gasteiger charge is -2.38. The molecule has 1 saturated heterocycles. The van der Waals surface area contributed by atoms with Crippen LogP contribution in [0.3, 0.4) is 0 Å². The van der Waals surface area contributed by atoms with Crippen LogP contribution in [0.5, 0.6) is 28.7 Å². The molecule has 0 unspecified atom stereocenters. The van der Waals surface area contributed by atoms with E-state index in [9.17, 15) is 45.3 Å². The van der Waals surface area contributed by atoms with Gasteiger partial charge in [-0.15, -0.1) is 0 Å². The number of nitrogen functional groups attached to an aromatic ring is 1. The van der Waals surface area contributed by atoms with Crippen LogP contribution >= 0.6 is 0 Å². The van der Waals surface area contributed by atoms with Crippen LogP contribution in [0.15, 0.2) is 82.0 Å². The van der Waals surface area contributed by atoms with E-state index in [-0.39, 0.29) is 35.7 Å². The van der Waals surface area contributed by atoms with Gasteiger partial charge in [0.2, 0.25) is 12.0 Å². The summed E-state index contributed by atoms with van der Waals surface area (Å²) >= 11 is 0. The Labute approximate surface area is 281 Å². The molecule has 1 fully saturated rings.